The van der Waals surface area contributed by atoms with E-state index < -0.39 is 0 Å². The number of halogens is 1. The first-order chi connectivity index (χ1) is 15.5. The highest BCUT2D eigenvalue weighted by Crippen LogP contribution is 2.31. The molecule has 6 nitrogen and oxygen atoms in total. The molecule has 0 atom stereocenters. The zero-order chi connectivity index (χ0) is 22.2. The van der Waals surface area contributed by atoms with Crippen LogP contribution in [-0.4, -0.2) is 20.4 Å². The van der Waals surface area contributed by atoms with Crippen LogP contribution in [0.15, 0.2) is 72.8 Å². The van der Waals surface area contributed by atoms with Gasteiger partial charge in [0.05, 0.1) is 11.0 Å². The first kappa shape index (κ1) is 20.0. The fraction of sp³-hybridized carbons (Fsp3) is 0.0800. The average molecular weight is 442 g/mol. The molecular weight excluding hydrogens is 422 g/mol. The van der Waals surface area contributed by atoms with E-state index in [0.29, 0.717) is 27.3 Å². The number of hydrogen-bond donors (Lipinski definition) is 2. The topological polar surface area (TPSA) is 85.8 Å². The standard InChI is InChI=1S/C25H20ClN5O/c1-15-7-6-9-17(13-15)31-23(27)21(25(32)28-14-16-8-2-3-10-18(16)26)22-24(31)30-20-12-5-4-11-19(20)29-22/h2-13H,14,27H2,1H3,(H,28,32). The molecule has 0 aliphatic carbocycles. The largest absolute Gasteiger partial charge is 0.384 e. The molecule has 0 fully saturated rings. The first-order valence-electron chi connectivity index (χ1n) is 10.2. The normalized spacial score (nSPS) is 11.2. The third kappa shape index (κ3) is 3.44. The molecule has 5 aromatic rings. The molecule has 0 radical (unpaired) electrons. The van der Waals surface area contributed by atoms with Gasteiger partial charge in [0.25, 0.3) is 5.91 Å². The maximum Gasteiger partial charge on any atom is 0.257 e. The van der Waals surface area contributed by atoms with Crippen LogP contribution in [-0.2, 0) is 6.54 Å². The summed E-state index contributed by atoms with van der Waals surface area (Å²) in [6.45, 7) is 2.28. The first-order valence-corrected chi connectivity index (χ1v) is 10.6. The van der Waals surface area contributed by atoms with Gasteiger partial charge in [-0.1, -0.05) is 54.1 Å². The van der Waals surface area contributed by atoms with Crippen molar-refractivity contribution in [3.05, 3.63) is 94.5 Å². The smallest absolute Gasteiger partial charge is 0.257 e. The summed E-state index contributed by atoms with van der Waals surface area (Å²) in [5.74, 6) is -0.0408. The van der Waals surface area contributed by atoms with E-state index in [1.807, 2.05) is 73.7 Å². The van der Waals surface area contributed by atoms with Gasteiger partial charge in [-0.15, -0.1) is 0 Å². The Morgan fingerprint density at radius 3 is 2.47 bits per heavy atom. The molecule has 0 aliphatic rings. The fourth-order valence-corrected chi connectivity index (χ4v) is 4.02. The van der Waals surface area contributed by atoms with E-state index in [4.69, 9.17) is 27.3 Å². The molecule has 2 heterocycles. The molecule has 3 N–H and O–H groups in total. The molecule has 2 aromatic heterocycles. The number of para-hydroxylation sites is 2. The molecule has 0 bridgehead atoms. The lowest BCUT2D eigenvalue weighted by atomic mass is 10.2. The van der Waals surface area contributed by atoms with Crippen molar-refractivity contribution in [2.24, 2.45) is 0 Å². The van der Waals surface area contributed by atoms with Gasteiger partial charge >= 0.3 is 0 Å². The molecule has 5 rings (SSSR count). The minimum atomic E-state index is -0.330. The highest BCUT2D eigenvalue weighted by Gasteiger charge is 2.24. The Hall–Kier alpha value is -3.90. The molecule has 0 unspecified atom stereocenters. The Kier molecular flexibility index (Phi) is 4.99. The van der Waals surface area contributed by atoms with E-state index in [9.17, 15) is 4.79 Å². The van der Waals surface area contributed by atoms with Crippen LogP contribution in [0.1, 0.15) is 21.5 Å². The van der Waals surface area contributed by atoms with Crippen molar-refractivity contribution < 1.29 is 4.79 Å². The van der Waals surface area contributed by atoms with Crippen LogP contribution in [0.5, 0.6) is 0 Å². The van der Waals surface area contributed by atoms with Crippen LogP contribution >= 0.6 is 11.6 Å². The van der Waals surface area contributed by atoms with Gasteiger partial charge in [-0.2, -0.15) is 0 Å². The lowest BCUT2D eigenvalue weighted by molar-refractivity contribution is 0.0953. The van der Waals surface area contributed by atoms with Crippen LogP contribution < -0.4 is 11.1 Å². The quantitative estimate of drug-likeness (QED) is 0.408. The number of nitrogen functional groups attached to an aromatic ring is 1. The fourth-order valence-electron chi connectivity index (χ4n) is 3.82. The molecule has 0 saturated carbocycles. The van der Waals surface area contributed by atoms with E-state index in [0.717, 1.165) is 22.3 Å². The van der Waals surface area contributed by atoms with Crippen molar-refractivity contribution in [3.63, 3.8) is 0 Å². The Labute approximate surface area is 189 Å². The number of anilines is 1. The summed E-state index contributed by atoms with van der Waals surface area (Å²) in [6, 6.07) is 22.8. The SMILES string of the molecule is Cc1cccc(-n2c(N)c(C(=O)NCc3ccccc3Cl)c3nc4ccccc4nc32)c1. The summed E-state index contributed by atoms with van der Waals surface area (Å²) in [5, 5.41) is 3.52. The van der Waals surface area contributed by atoms with Gasteiger partial charge in [0, 0.05) is 17.3 Å². The van der Waals surface area contributed by atoms with Gasteiger partial charge in [0.2, 0.25) is 0 Å². The predicted octanol–water partition coefficient (Wildman–Crippen LogP) is 5.05. The molecule has 158 valence electrons. The number of rotatable bonds is 4. The molecule has 32 heavy (non-hydrogen) atoms. The van der Waals surface area contributed by atoms with Crippen LogP contribution in [0, 0.1) is 6.92 Å². The van der Waals surface area contributed by atoms with Crippen LogP contribution in [0.2, 0.25) is 5.02 Å². The van der Waals surface area contributed by atoms with Crippen LogP contribution in [0.4, 0.5) is 5.82 Å². The van der Waals surface area contributed by atoms with E-state index in [2.05, 4.69) is 5.32 Å². The number of carbonyl (C=O) groups excluding carboxylic acids is 1. The van der Waals surface area contributed by atoms with E-state index in [1.165, 1.54) is 0 Å². The van der Waals surface area contributed by atoms with Gasteiger partial charge in [0.15, 0.2) is 5.65 Å². The second-order valence-electron chi connectivity index (χ2n) is 7.59. The zero-order valence-corrected chi connectivity index (χ0v) is 18.1. The number of hydrogen-bond acceptors (Lipinski definition) is 4. The Bertz CT molecular complexity index is 1490. The lowest BCUT2D eigenvalue weighted by Gasteiger charge is -2.09. The van der Waals surface area contributed by atoms with Crippen molar-refractivity contribution in [1.82, 2.24) is 19.9 Å². The van der Waals surface area contributed by atoms with E-state index in [-0.39, 0.29) is 18.3 Å². The maximum absolute atomic E-state index is 13.3. The molecule has 0 spiro atoms. The average Bonchev–Trinajstić information content (AvgIpc) is 3.07. The Morgan fingerprint density at radius 2 is 1.72 bits per heavy atom. The lowest BCUT2D eigenvalue weighted by Crippen LogP contribution is -2.24. The van der Waals surface area contributed by atoms with E-state index >= 15 is 0 Å². The van der Waals surface area contributed by atoms with Crippen molar-refractivity contribution in [2.45, 2.75) is 13.5 Å². The monoisotopic (exact) mass is 441 g/mol. The number of amides is 1. The summed E-state index contributed by atoms with van der Waals surface area (Å²) >= 11 is 6.24. The summed E-state index contributed by atoms with van der Waals surface area (Å²) in [5.41, 5.74) is 12.0. The second kappa shape index (κ2) is 7.98. The number of aromatic nitrogens is 3. The van der Waals surface area contributed by atoms with Crippen molar-refractivity contribution >= 4 is 45.5 Å². The number of carbonyl (C=O) groups is 1. The Balaban J connectivity index is 1.67. The number of benzene rings is 3. The highest BCUT2D eigenvalue weighted by atomic mass is 35.5. The zero-order valence-electron chi connectivity index (χ0n) is 17.3. The van der Waals surface area contributed by atoms with Crippen molar-refractivity contribution in [1.29, 1.82) is 0 Å². The van der Waals surface area contributed by atoms with Gasteiger partial charge in [0.1, 0.15) is 16.9 Å². The number of fused-ring (bicyclic) bond motifs is 2. The van der Waals surface area contributed by atoms with E-state index in [1.54, 1.807) is 10.6 Å². The number of nitrogens with two attached hydrogens (primary N) is 1. The summed E-state index contributed by atoms with van der Waals surface area (Å²) in [7, 11) is 0. The summed E-state index contributed by atoms with van der Waals surface area (Å²) in [6.07, 6.45) is 0. The molecule has 1 amide bonds. The summed E-state index contributed by atoms with van der Waals surface area (Å²) < 4.78 is 1.78. The van der Waals surface area contributed by atoms with Crippen LogP contribution in [0.3, 0.4) is 0 Å². The highest BCUT2D eigenvalue weighted by molar-refractivity contribution is 6.31. The third-order valence-electron chi connectivity index (χ3n) is 5.38. The molecule has 0 saturated heterocycles. The minimum Gasteiger partial charge on any atom is -0.384 e. The maximum atomic E-state index is 13.3. The molecule has 7 heteroatoms. The van der Waals surface area contributed by atoms with Crippen LogP contribution in [0.25, 0.3) is 27.9 Å². The number of aryl methyl sites for hydroxylation is 1. The van der Waals surface area contributed by atoms with Gasteiger partial charge in [-0.25, -0.2) is 9.97 Å². The molecule has 0 aliphatic heterocycles. The molecular formula is C25H20ClN5O. The Morgan fingerprint density at radius 1 is 1.00 bits per heavy atom. The third-order valence-corrected chi connectivity index (χ3v) is 5.75. The van der Waals surface area contributed by atoms with Gasteiger partial charge in [-0.3, -0.25) is 9.36 Å². The summed E-state index contributed by atoms with van der Waals surface area (Å²) in [4.78, 5) is 22.8. The van der Waals surface area contributed by atoms with Crippen molar-refractivity contribution in [2.75, 3.05) is 5.73 Å². The predicted molar refractivity (Wildman–Crippen MR) is 128 cm³/mol. The molecule has 3 aromatic carbocycles. The van der Waals surface area contributed by atoms with Gasteiger partial charge in [-0.05, 0) is 48.4 Å². The number of nitrogens with zero attached hydrogens (tertiary/aromatic N) is 3. The van der Waals surface area contributed by atoms with Crippen molar-refractivity contribution in [3.8, 4) is 5.69 Å². The number of nitrogens with one attached hydrogen (secondary N) is 1. The minimum absolute atomic E-state index is 0.274. The van der Waals surface area contributed by atoms with Gasteiger partial charge < -0.3 is 11.1 Å². The second-order valence-corrected chi connectivity index (χ2v) is 8.00.